The first-order chi connectivity index (χ1) is 4.75. The second kappa shape index (κ2) is 3.24. The molecule has 10 heavy (non-hydrogen) atoms. The van der Waals surface area contributed by atoms with Crippen molar-refractivity contribution in [1.82, 2.24) is 0 Å². The van der Waals surface area contributed by atoms with Crippen molar-refractivity contribution in [1.29, 1.82) is 0 Å². The van der Waals surface area contributed by atoms with Crippen LogP contribution in [0, 0.1) is 0 Å². The lowest BCUT2D eigenvalue weighted by Gasteiger charge is -1.97. The van der Waals surface area contributed by atoms with Crippen LogP contribution >= 0.6 is 11.8 Å². The fraction of sp³-hybridized carbons (Fsp3) is 0.625. The third-order valence-corrected chi connectivity index (χ3v) is 2.54. The van der Waals surface area contributed by atoms with Gasteiger partial charge in [0.2, 0.25) is 5.12 Å². The molecule has 0 heterocycles. The Morgan fingerprint density at radius 3 is 2.60 bits per heavy atom. The number of hydrogen-bond acceptors (Lipinski definition) is 2. The van der Waals surface area contributed by atoms with E-state index in [4.69, 9.17) is 0 Å². The summed E-state index contributed by atoms with van der Waals surface area (Å²) in [5.41, 5.74) is 2.38. The number of carbonyl (C=O) groups is 1. The molecule has 0 aromatic heterocycles. The van der Waals surface area contributed by atoms with Gasteiger partial charge in [0.05, 0.1) is 0 Å². The Bertz CT molecular complexity index is 182. The maximum atomic E-state index is 11.1. The summed E-state index contributed by atoms with van der Waals surface area (Å²) >= 11 is 1.33. The van der Waals surface area contributed by atoms with E-state index in [1.54, 1.807) is 0 Å². The molecule has 0 bridgehead atoms. The van der Waals surface area contributed by atoms with E-state index in [0.29, 0.717) is 0 Å². The molecule has 0 N–H and O–H groups in total. The topological polar surface area (TPSA) is 17.1 Å². The Morgan fingerprint density at radius 2 is 2.20 bits per heavy atom. The molecular formula is C8H12OS. The van der Waals surface area contributed by atoms with Gasteiger partial charge in [0, 0.05) is 5.57 Å². The van der Waals surface area contributed by atoms with Crippen molar-refractivity contribution in [3.05, 3.63) is 11.1 Å². The summed E-state index contributed by atoms with van der Waals surface area (Å²) in [5, 5.41) is 0.273. The smallest absolute Gasteiger partial charge is 0.215 e. The van der Waals surface area contributed by atoms with Crippen LogP contribution in [0.5, 0.6) is 0 Å². The Morgan fingerprint density at radius 1 is 1.50 bits per heavy atom. The van der Waals surface area contributed by atoms with Crippen LogP contribution < -0.4 is 0 Å². The number of carbonyl (C=O) groups excluding carboxylic acids is 1. The molecule has 1 rings (SSSR count). The summed E-state index contributed by atoms with van der Waals surface area (Å²) < 4.78 is 0. The van der Waals surface area contributed by atoms with Gasteiger partial charge in [-0.15, -0.1) is 0 Å². The van der Waals surface area contributed by atoms with Crippen LogP contribution in [-0.4, -0.2) is 11.4 Å². The van der Waals surface area contributed by atoms with Crippen molar-refractivity contribution >= 4 is 16.9 Å². The zero-order chi connectivity index (χ0) is 7.56. The predicted molar refractivity (Wildman–Crippen MR) is 45.1 cm³/mol. The Labute approximate surface area is 65.9 Å². The van der Waals surface area contributed by atoms with Crippen molar-refractivity contribution in [2.45, 2.75) is 26.2 Å². The maximum Gasteiger partial charge on any atom is 0.215 e. The Balaban J connectivity index is 2.71. The molecule has 2 heteroatoms. The number of allylic oxidation sites excluding steroid dienone is 1. The van der Waals surface area contributed by atoms with Crippen LogP contribution in [0.4, 0.5) is 0 Å². The van der Waals surface area contributed by atoms with Gasteiger partial charge in [0.25, 0.3) is 0 Å². The molecule has 0 radical (unpaired) electrons. The molecule has 0 aromatic carbocycles. The van der Waals surface area contributed by atoms with Gasteiger partial charge < -0.3 is 0 Å². The second-order valence-electron chi connectivity index (χ2n) is 2.60. The molecule has 0 aliphatic heterocycles. The third kappa shape index (κ3) is 1.43. The molecule has 0 spiro atoms. The van der Waals surface area contributed by atoms with E-state index in [-0.39, 0.29) is 5.12 Å². The molecule has 1 nitrogen and oxygen atoms in total. The van der Waals surface area contributed by atoms with Crippen molar-refractivity contribution in [2.24, 2.45) is 0 Å². The normalized spacial score (nSPS) is 18.2. The Hall–Kier alpha value is -0.240. The first-order valence-electron chi connectivity index (χ1n) is 3.52. The Kier molecular flexibility index (Phi) is 2.55. The molecule has 0 atom stereocenters. The van der Waals surface area contributed by atoms with Crippen LogP contribution in [0.1, 0.15) is 26.2 Å². The standard InChI is InChI=1S/C8H12OS/c1-6-4-3-5-7(6)8(9)10-2/h3-5H2,1-2H3. The van der Waals surface area contributed by atoms with E-state index in [1.165, 1.54) is 23.8 Å². The lowest BCUT2D eigenvalue weighted by molar-refractivity contribution is -0.108. The van der Waals surface area contributed by atoms with E-state index in [9.17, 15) is 4.79 Å². The van der Waals surface area contributed by atoms with E-state index in [1.807, 2.05) is 6.26 Å². The van der Waals surface area contributed by atoms with Crippen molar-refractivity contribution in [2.75, 3.05) is 6.26 Å². The van der Waals surface area contributed by atoms with Gasteiger partial charge in [0.15, 0.2) is 0 Å². The minimum Gasteiger partial charge on any atom is -0.282 e. The molecular weight excluding hydrogens is 144 g/mol. The summed E-state index contributed by atoms with van der Waals surface area (Å²) in [4.78, 5) is 11.1. The van der Waals surface area contributed by atoms with Gasteiger partial charge in [-0.1, -0.05) is 17.3 Å². The summed E-state index contributed by atoms with van der Waals surface area (Å²) in [5.74, 6) is 0. The lowest BCUT2D eigenvalue weighted by atomic mass is 10.2. The molecule has 0 aromatic rings. The van der Waals surface area contributed by atoms with Crippen molar-refractivity contribution in [3.63, 3.8) is 0 Å². The van der Waals surface area contributed by atoms with Crippen LogP contribution in [0.25, 0.3) is 0 Å². The van der Waals surface area contributed by atoms with E-state index in [0.717, 1.165) is 18.4 Å². The second-order valence-corrected chi connectivity index (χ2v) is 3.38. The molecule has 0 unspecified atom stereocenters. The minimum absolute atomic E-state index is 0.273. The number of rotatable bonds is 1. The lowest BCUT2D eigenvalue weighted by Crippen LogP contribution is -1.94. The van der Waals surface area contributed by atoms with Crippen LogP contribution in [-0.2, 0) is 4.79 Å². The van der Waals surface area contributed by atoms with E-state index >= 15 is 0 Å². The van der Waals surface area contributed by atoms with Crippen molar-refractivity contribution < 1.29 is 4.79 Å². The summed E-state index contributed by atoms with van der Waals surface area (Å²) in [6, 6.07) is 0. The van der Waals surface area contributed by atoms with E-state index < -0.39 is 0 Å². The minimum atomic E-state index is 0.273. The number of hydrogen-bond donors (Lipinski definition) is 0. The SMILES string of the molecule is CSC(=O)C1=C(C)CCC1. The largest absolute Gasteiger partial charge is 0.282 e. The number of thioether (sulfide) groups is 1. The molecule has 56 valence electrons. The first kappa shape index (κ1) is 7.86. The summed E-state index contributed by atoms with van der Waals surface area (Å²) in [6.07, 6.45) is 5.15. The van der Waals surface area contributed by atoms with Crippen molar-refractivity contribution in [3.8, 4) is 0 Å². The van der Waals surface area contributed by atoms with Gasteiger partial charge in [-0.3, -0.25) is 4.79 Å². The highest BCUT2D eigenvalue weighted by Crippen LogP contribution is 2.28. The highest BCUT2D eigenvalue weighted by Gasteiger charge is 2.16. The third-order valence-electron chi connectivity index (χ3n) is 1.93. The van der Waals surface area contributed by atoms with Gasteiger partial charge in [-0.2, -0.15) is 0 Å². The van der Waals surface area contributed by atoms with Crippen LogP contribution in [0.2, 0.25) is 0 Å². The monoisotopic (exact) mass is 156 g/mol. The van der Waals surface area contributed by atoms with Gasteiger partial charge in [-0.05, 0) is 32.4 Å². The molecule has 0 fully saturated rings. The average molecular weight is 156 g/mol. The molecule has 0 saturated heterocycles. The van der Waals surface area contributed by atoms with Gasteiger partial charge in [-0.25, -0.2) is 0 Å². The predicted octanol–water partition coefficient (Wildman–Crippen LogP) is 2.38. The maximum absolute atomic E-state index is 11.1. The zero-order valence-corrected chi connectivity index (χ0v) is 7.25. The first-order valence-corrected chi connectivity index (χ1v) is 4.75. The van der Waals surface area contributed by atoms with Crippen LogP contribution in [0.3, 0.4) is 0 Å². The fourth-order valence-electron chi connectivity index (χ4n) is 1.29. The molecule has 1 aliphatic rings. The zero-order valence-electron chi connectivity index (χ0n) is 6.44. The quantitative estimate of drug-likeness (QED) is 0.579. The van der Waals surface area contributed by atoms with E-state index in [2.05, 4.69) is 6.92 Å². The average Bonchev–Trinajstić information content (AvgIpc) is 2.34. The highest BCUT2D eigenvalue weighted by atomic mass is 32.2. The van der Waals surface area contributed by atoms with Gasteiger partial charge in [0.1, 0.15) is 0 Å². The van der Waals surface area contributed by atoms with Gasteiger partial charge >= 0.3 is 0 Å². The molecule has 0 amide bonds. The highest BCUT2D eigenvalue weighted by molar-refractivity contribution is 8.13. The fourth-order valence-corrected chi connectivity index (χ4v) is 1.82. The summed E-state index contributed by atoms with van der Waals surface area (Å²) in [7, 11) is 0. The summed E-state index contributed by atoms with van der Waals surface area (Å²) in [6.45, 7) is 2.07. The van der Waals surface area contributed by atoms with Crippen LogP contribution in [0.15, 0.2) is 11.1 Å². The molecule has 1 aliphatic carbocycles. The molecule has 0 saturated carbocycles.